The Hall–Kier alpha value is -2.40. The van der Waals surface area contributed by atoms with Crippen molar-refractivity contribution in [3.63, 3.8) is 0 Å². The van der Waals surface area contributed by atoms with E-state index in [2.05, 4.69) is 65.4 Å². The molecule has 1 aliphatic heterocycles. The fourth-order valence-electron chi connectivity index (χ4n) is 3.66. The van der Waals surface area contributed by atoms with Crippen LogP contribution >= 0.6 is 0 Å². The van der Waals surface area contributed by atoms with E-state index in [9.17, 15) is 4.79 Å². The summed E-state index contributed by atoms with van der Waals surface area (Å²) in [5.41, 5.74) is 2.80. The van der Waals surface area contributed by atoms with Crippen LogP contribution < -0.4 is 10.5 Å². The number of hydrogen-bond donors (Lipinski definition) is 1. The Kier molecular flexibility index (Phi) is 3.58. The molecular formula is C20H23N3OSi. The molecule has 3 heterocycles. The topological polar surface area (TPSA) is 46.9 Å². The van der Waals surface area contributed by atoms with Gasteiger partial charge in [0.1, 0.15) is 11.7 Å². The molecule has 1 aromatic carbocycles. The highest BCUT2D eigenvalue weighted by Crippen LogP contribution is 2.33. The zero-order chi connectivity index (χ0) is 17.8. The van der Waals surface area contributed by atoms with Crippen molar-refractivity contribution in [3.05, 3.63) is 48.8 Å². The Morgan fingerprint density at radius 2 is 2.04 bits per heavy atom. The van der Waals surface area contributed by atoms with E-state index in [-0.39, 0.29) is 11.9 Å². The first-order valence-corrected chi connectivity index (χ1v) is 12.2. The summed E-state index contributed by atoms with van der Waals surface area (Å²) in [6.07, 6.45) is 3.37. The number of carbonyl (C=O) groups excluding carboxylic acids is 1. The minimum Gasteiger partial charge on any atom is -0.329 e. The Morgan fingerprint density at radius 3 is 2.76 bits per heavy atom. The van der Waals surface area contributed by atoms with Crippen LogP contribution in [0, 0.1) is 0 Å². The van der Waals surface area contributed by atoms with E-state index < -0.39 is 8.07 Å². The Balaban J connectivity index is 2.02. The molecule has 0 aliphatic carbocycles. The quantitative estimate of drug-likeness (QED) is 0.717. The molecule has 128 valence electrons. The van der Waals surface area contributed by atoms with E-state index >= 15 is 0 Å². The number of piperidine rings is 1. The molecule has 1 N–H and O–H groups in total. The van der Waals surface area contributed by atoms with Crippen LogP contribution in [0.2, 0.25) is 19.6 Å². The van der Waals surface area contributed by atoms with Crippen LogP contribution in [-0.4, -0.2) is 23.5 Å². The normalized spacial score (nSPS) is 18.8. The van der Waals surface area contributed by atoms with E-state index in [1.54, 1.807) is 6.20 Å². The SMILES string of the molecule is C=C1CCC(n2c3cc([Si](C)(C)C)ccc3c3cccnc32)C(=O)N1. The monoisotopic (exact) mass is 349 g/mol. The van der Waals surface area contributed by atoms with E-state index in [0.29, 0.717) is 0 Å². The minimum atomic E-state index is -1.45. The molecule has 1 aliphatic rings. The van der Waals surface area contributed by atoms with Crippen LogP contribution in [0.1, 0.15) is 18.9 Å². The summed E-state index contributed by atoms with van der Waals surface area (Å²) in [5.74, 6) is 0.0131. The number of benzene rings is 1. The second-order valence-corrected chi connectivity index (χ2v) is 13.0. The number of carbonyl (C=O) groups is 1. The number of hydrogen-bond acceptors (Lipinski definition) is 2. The maximum absolute atomic E-state index is 12.7. The van der Waals surface area contributed by atoms with Crippen molar-refractivity contribution in [2.45, 2.75) is 38.5 Å². The first kappa shape index (κ1) is 16.1. The predicted molar refractivity (Wildman–Crippen MR) is 106 cm³/mol. The molecule has 3 aromatic rings. The Morgan fingerprint density at radius 1 is 1.24 bits per heavy atom. The van der Waals surface area contributed by atoms with Crippen LogP contribution in [0.3, 0.4) is 0 Å². The number of rotatable bonds is 2. The van der Waals surface area contributed by atoms with Gasteiger partial charge in [-0.3, -0.25) is 4.79 Å². The third-order valence-corrected chi connectivity index (χ3v) is 7.11. The largest absolute Gasteiger partial charge is 0.329 e. The molecule has 1 amide bonds. The smallest absolute Gasteiger partial charge is 0.247 e. The molecule has 1 fully saturated rings. The van der Waals surface area contributed by atoms with Crippen LogP contribution in [0.4, 0.5) is 0 Å². The lowest BCUT2D eigenvalue weighted by Crippen LogP contribution is -2.38. The number of fused-ring (bicyclic) bond motifs is 3. The van der Waals surface area contributed by atoms with E-state index in [1.807, 2.05) is 6.07 Å². The highest BCUT2D eigenvalue weighted by Gasteiger charge is 2.29. The van der Waals surface area contributed by atoms with Gasteiger partial charge in [0.25, 0.3) is 0 Å². The highest BCUT2D eigenvalue weighted by molar-refractivity contribution is 6.88. The maximum Gasteiger partial charge on any atom is 0.247 e. The molecule has 0 radical (unpaired) electrons. The highest BCUT2D eigenvalue weighted by atomic mass is 28.3. The van der Waals surface area contributed by atoms with Gasteiger partial charge in [-0.15, -0.1) is 0 Å². The summed E-state index contributed by atoms with van der Waals surface area (Å²) in [6, 6.07) is 10.5. The lowest BCUT2D eigenvalue weighted by molar-refractivity contribution is -0.124. The van der Waals surface area contributed by atoms with Crippen molar-refractivity contribution in [2.75, 3.05) is 0 Å². The summed E-state index contributed by atoms with van der Waals surface area (Å²) >= 11 is 0. The molecule has 2 aromatic heterocycles. The van der Waals surface area contributed by atoms with Crippen LogP contribution in [-0.2, 0) is 4.79 Å². The van der Waals surface area contributed by atoms with Gasteiger partial charge in [-0.05, 0) is 31.0 Å². The number of nitrogens with one attached hydrogen (secondary N) is 1. The van der Waals surface area contributed by atoms with Crippen molar-refractivity contribution in [3.8, 4) is 0 Å². The van der Waals surface area contributed by atoms with Crippen molar-refractivity contribution < 1.29 is 4.79 Å². The van der Waals surface area contributed by atoms with Gasteiger partial charge in [0.15, 0.2) is 0 Å². The van der Waals surface area contributed by atoms with Gasteiger partial charge in [-0.2, -0.15) is 0 Å². The number of pyridine rings is 1. The van der Waals surface area contributed by atoms with Crippen LogP contribution in [0.25, 0.3) is 21.9 Å². The summed E-state index contributed by atoms with van der Waals surface area (Å²) in [6.45, 7) is 10.9. The van der Waals surface area contributed by atoms with Gasteiger partial charge < -0.3 is 9.88 Å². The standard InChI is InChI=1S/C20H23N3OSi/c1-13-7-10-17(20(24)22-13)23-18-12-14(25(2,3)4)8-9-15(18)16-6-5-11-21-19(16)23/h5-6,8-9,11-12,17H,1,7,10H2,2-4H3,(H,22,24). The van der Waals surface area contributed by atoms with E-state index in [1.165, 1.54) is 10.6 Å². The van der Waals surface area contributed by atoms with Gasteiger partial charge in [0, 0.05) is 22.7 Å². The third kappa shape index (κ3) is 2.59. The zero-order valence-corrected chi connectivity index (χ0v) is 16.0. The van der Waals surface area contributed by atoms with Crippen molar-refractivity contribution in [1.82, 2.24) is 14.9 Å². The fraction of sp³-hybridized carbons (Fsp3) is 0.300. The molecular weight excluding hydrogens is 326 g/mol. The molecule has 1 atom stereocenters. The van der Waals surface area contributed by atoms with E-state index in [4.69, 9.17) is 0 Å². The molecule has 0 spiro atoms. The molecule has 1 unspecified atom stereocenters. The van der Waals surface area contributed by atoms with Gasteiger partial charge in [-0.25, -0.2) is 4.98 Å². The number of amides is 1. The summed E-state index contributed by atoms with van der Waals surface area (Å²) < 4.78 is 2.13. The lowest BCUT2D eigenvalue weighted by atomic mass is 10.0. The minimum absolute atomic E-state index is 0.0131. The molecule has 4 nitrogen and oxygen atoms in total. The molecule has 0 bridgehead atoms. The second-order valence-electron chi connectivity index (χ2n) is 7.87. The predicted octanol–water partition coefficient (Wildman–Crippen LogP) is 3.70. The fourth-order valence-corrected chi connectivity index (χ4v) is 4.82. The number of aromatic nitrogens is 2. The number of nitrogens with zero attached hydrogens (tertiary/aromatic N) is 2. The first-order chi connectivity index (χ1) is 11.9. The summed E-state index contributed by atoms with van der Waals surface area (Å²) in [7, 11) is -1.45. The van der Waals surface area contributed by atoms with Crippen LogP contribution in [0.15, 0.2) is 48.8 Å². The van der Waals surface area contributed by atoms with Crippen molar-refractivity contribution in [2.24, 2.45) is 0 Å². The van der Waals surface area contributed by atoms with E-state index in [0.717, 1.165) is 35.1 Å². The summed E-state index contributed by atoms with van der Waals surface area (Å²) in [4.78, 5) is 17.3. The third-order valence-electron chi connectivity index (χ3n) is 5.06. The average molecular weight is 350 g/mol. The molecule has 5 heteroatoms. The average Bonchev–Trinajstić information content (AvgIpc) is 2.88. The maximum atomic E-state index is 12.7. The number of allylic oxidation sites excluding steroid dienone is 1. The van der Waals surface area contributed by atoms with Crippen molar-refractivity contribution >= 4 is 41.1 Å². The van der Waals surface area contributed by atoms with Gasteiger partial charge >= 0.3 is 0 Å². The van der Waals surface area contributed by atoms with Crippen LogP contribution in [0.5, 0.6) is 0 Å². The van der Waals surface area contributed by atoms with Gasteiger partial charge in [0.05, 0.1) is 13.6 Å². The summed E-state index contributed by atoms with van der Waals surface area (Å²) in [5, 5.41) is 6.59. The lowest BCUT2D eigenvalue weighted by Gasteiger charge is -2.26. The molecule has 1 saturated heterocycles. The Bertz CT molecular complexity index is 1010. The second kappa shape index (κ2) is 5.56. The zero-order valence-electron chi connectivity index (χ0n) is 15.0. The molecule has 0 saturated carbocycles. The van der Waals surface area contributed by atoms with Gasteiger partial charge in [0.2, 0.25) is 5.91 Å². The van der Waals surface area contributed by atoms with Gasteiger partial charge in [-0.1, -0.05) is 43.5 Å². The Labute approximate surface area is 148 Å². The molecule has 25 heavy (non-hydrogen) atoms. The first-order valence-electron chi connectivity index (χ1n) is 8.74. The van der Waals surface area contributed by atoms with Crippen molar-refractivity contribution in [1.29, 1.82) is 0 Å². The molecule has 4 rings (SSSR count).